The Kier molecular flexibility index (Phi) is 4.56. The summed E-state index contributed by atoms with van der Waals surface area (Å²) in [5.74, 6) is 5.73. The molecule has 0 amide bonds. The van der Waals surface area contributed by atoms with Gasteiger partial charge in [0.1, 0.15) is 0 Å². The number of nitrogens with zero attached hydrogens (tertiary/aromatic N) is 1. The van der Waals surface area contributed by atoms with E-state index in [1.54, 1.807) is 6.20 Å². The first-order chi connectivity index (χ1) is 9.63. The molecule has 3 N–H and O–H groups in total. The zero-order valence-corrected chi connectivity index (χ0v) is 11.9. The lowest BCUT2D eigenvalue weighted by atomic mass is 10.2. The smallest absolute Gasteiger partial charge is 0.320 e. The highest BCUT2D eigenvalue weighted by atomic mass is 32.1. The third kappa shape index (κ3) is 3.26. The van der Waals surface area contributed by atoms with Crippen molar-refractivity contribution < 1.29 is 0 Å². The maximum absolute atomic E-state index is 11.8. The van der Waals surface area contributed by atoms with Gasteiger partial charge in [0, 0.05) is 27.6 Å². The van der Waals surface area contributed by atoms with E-state index in [1.165, 1.54) is 15.9 Å². The second kappa shape index (κ2) is 6.37. The highest BCUT2D eigenvalue weighted by Crippen LogP contribution is 2.14. The van der Waals surface area contributed by atoms with Gasteiger partial charge < -0.3 is 5.73 Å². The molecule has 0 spiro atoms. The van der Waals surface area contributed by atoms with Gasteiger partial charge in [-0.2, -0.15) is 0 Å². The van der Waals surface area contributed by atoms with Crippen LogP contribution in [0.5, 0.6) is 0 Å². The SMILES string of the molecule is CCc1cn(Cc2cc(C#CCN)cs2)c(=O)[nH]c1=O. The number of hydrogen-bond acceptors (Lipinski definition) is 4. The van der Waals surface area contributed by atoms with Gasteiger partial charge in [0.25, 0.3) is 5.56 Å². The summed E-state index contributed by atoms with van der Waals surface area (Å²) in [7, 11) is 0. The number of aryl methyl sites for hydroxylation is 1. The summed E-state index contributed by atoms with van der Waals surface area (Å²) in [6.07, 6.45) is 2.21. The van der Waals surface area contributed by atoms with Gasteiger partial charge >= 0.3 is 5.69 Å². The Morgan fingerprint density at radius 3 is 2.95 bits per heavy atom. The fraction of sp³-hybridized carbons (Fsp3) is 0.286. The molecule has 0 aliphatic rings. The van der Waals surface area contributed by atoms with Crippen LogP contribution in [-0.4, -0.2) is 16.1 Å². The highest BCUT2D eigenvalue weighted by Gasteiger charge is 2.05. The van der Waals surface area contributed by atoms with Crippen LogP contribution in [0.15, 0.2) is 27.2 Å². The van der Waals surface area contributed by atoms with Crippen molar-refractivity contribution in [1.82, 2.24) is 9.55 Å². The molecule has 6 heteroatoms. The fourth-order valence-corrected chi connectivity index (χ4v) is 2.59. The van der Waals surface area contributed by atoms with Crippen LogP contribution in [0.1, 0.15) is 22.9 Å². The van der Waals surface area contributed by atoms with Crippen LogP contribution in [0.3, 0.4) is 0 Å². The Balaban J connectivity index is 2.28. The standard InChI is InChI=1S/C14H15N3O2S/c1-2-11-7-17(14(19)16-13(11)18)8-12-6-10(9-20-12)4-3-5-15/h6-7,9H,2,5,8,15H2,1H3,(H,16,18,19). The van der Waals surface area contributed by atoms with Crippen LogP contribution >= 0.6 is 11.3 Å². The zero-order valence-electron chi connectivity index (χ0n) is 11.1. The van der Waals surface area contributed by atoms with Gasteiger partial charge in [-0.3, -0.25) is 14.3 Å². The second-order valence-electron chi connectivity index (χ2n) is 4.20. The molecule has 0 aliphatic heterocycles. The minimum atomic E-state index is -0.393. The Morgan fingerprint density at radius 2 is 2.25 bits per heavy atom. The Bertz CT molecular complexity index is 774. The molecule has 0 unspecified atom stereocenters. The van der Waals surface area contributed by atoms with Crippen molar-refractivity contribution in [2.75, 3.05) is 6.54 Å². The number of nitrogens with one attached hydrogen (secondary N) is 1. The number of thiophene rings is 1. The fourth-order valence-electron chi connectivity index (χ4n) is 1.77. The van der Waals surface area contributed by atoms with Gasteiger partial charge in [0.15, 0.2) is 0 Å². The molecule has 104 valence electrons. The maximum atomic E-state index is 11.8. The van der Waals surface area contributed by atoms with Gasteiger partial charge in [-0.05, 0) is 12.5 Å². The molecule has 0 saturated carbocycles. The predicted molar refractivity (Wildman–Crippen MR) is 80.1 cm³/mol. The largest absolute Gasteiger partial charge is 0.328 e. The van der Waals surface area contributed by atoms with Crippen LogP contribution < -0.4 is 17.0 Å². The molecule has 0 fully saturated rings. The van der Waals surface area contributed by atoms with Crippen molar-refractivity contribution in [3.8, 4) is 11.8 Å². The molecule has 2 heterocycles. The molecule has 0 saturated heterocycles. The maximum Gasteiger partial charge on any atom is 0.328 e. The lowest BCUT2D eigenvalue weighted by Crippen LogP contribution is -2.31. The number of H-pyrrole nitrogens is 1. The van der Waals surface area contributed by atoms with Crippen molar-refractivity contribution in [1.29, 1.82) is 0 Å². The number of aromatic amines is 1. The highest BCUT2D eigenvalue weighted by molar-refractivity contribution is 7.10. The molecule has 20 heavy (non-hydrogen) atoms. The first-order valence-electron chi connectivity index (χ1n) is 6.23. The van der Waals surface area contributed by atoms with Gasteiger partial charge in [-0.15, -0.1) is 11.3 Å². The molecule has 2 rings (SSSR count). The number of aromatic nitrogens is 2. The number of nitrogens with two attached hydrogens (primary N) is 1. The topological polar surface area (TPSA) is 80.9 Å². The van der Waals surface area contributed by atoms with Crippen molar-refractivity contribution >= 4 is 11.3 Å². The van der Waals surface area contributed by atoms with Crippen LogP contribution in [0, 0.1) is 11.8 Å². The lowest BCUT2D eigenvalue weighted by molar-refractivity contribution is 0.715. The molecule has 0 aliphatic carbocycles. The van der Waals surface area contributed by atoms with Gasteiger partial charge in [-0.25, -0.2) is 4.79 Å². The average Bonchev–Trinajstić information content (AvgIpc) is 2.87. The molecular weight excluding hydrogens is 274 g/mol. The first-order valence-corrected chi connectivity index (χ1v) is 7.11. The summed E-state index contributed by atoms with van der Waals surface area (Å²) in [5, 5.41) is 1.93. The minimum Gasteiger partial charge on any atom is -0.320 e. The van der Waals surface area contributed by atoms with Crippen molar-refractivity contribution in [2.24, 2.45) is 5.73 Å². The minimum absolute atomic E-state index is 0.311. The monoisotopic (exact) mass is 289 g/mol. The molecular formula is C14H15N3O2S. The van der Waals surface area contributed by atoms with E-state index in [9.17, 15) is 9.59 Å². The third-order valence-electron chi connectivity index (χ3n) is 2.78. The predicted octanol–water partition coefficient (Wildman–Crippen LogP) is 0.519. The van der Waals surface area contributed by atoms with Crippen LogP contribution in [0.25, 0.3) is 0 Å². The van der Waals surface area contributed by atoms with E-state index in [2.05, 4.69) is 16.8 Å². The van der Waals surface area contributed by atoms with Gasteiger partial charge in [0.2, 0.25) is 0 Å². The van der Waals surface area contributed by atoms with Crippen LogP contribution in [0.2, 0.25) is 0 Å². The van der Waals surface area contributed by atoms with Crippen molar-refractivity contribution in [2.45, 2.75) is 19.9 Å². The first kappa shape index (κ1) is 14.3. The Morgan fingerprint density at radius 1 is 1.45 bits per heavy atom. The summed E-state index contributed by atoms with van der Waals surface area (Å²) in [4.78, 5) is 26.6. The van der Waals surface area contributed by atoms with Crippen LogP contribution in [-0.2, 0) is 13.0 Å². The van der Waals surface area contributed by atoms with E-state index in [-0.39, 0.29) is 5.56 Å². The van der Waals surface area contributed by atoms with Gasteiger partial charge in [0.05, 0.1) is 13.1 Å². The van der Waals surface area contributed by atoms with E-state index in [0.717, 1.165) is 10.4 Å². The van der Waals surface area contributed by atoms with E-state index in [0.29, 0.717) is 25.1 Å². The van der Waals surface area contributed by atoms with E-state index >= 15 is 0 Å². The molecule has 0 radical (unpaired) electrons. The second-order valence-corrected chi connectivity index (χ2v) is 5.20. The number of hydrogen-bond donors (Lipinski definition) is 2. The van der Waals surface area contributed by atoms with E-state index in [4.69, 9.17) is 5.73 Å². The molecule has 0 atom stereocenters. The molecule has 2 aromatic heterocycles. The van der Waals surface area contributed by atoms with E-state index in [1.807, 2.05) is 18.4 Å². The van der Waals surface area contributed by atoms with E-state index < -0.39 is 5.69 Å². The summed E-state index contributed by atoms with van der Waals surface area (Å²) < 4.78 is 1.51. The molecule has 0 aromatic carbocycles. The summed E-state index contributed by atoms with van der Waals surface area (Å²) in [6, 6.07) is 1.93. The van der Waals surface area contributed by atoms with Crippen LogP contribution in [0.4, 0.5) is 0 Å². The third-order valence-corrected chi connectivity index (χ3v) is 3.70. The van der Waals surface area contributed by atoms with Crippen molar-refractivity contribution in [3.05, 3.63) is 54.5 Å². The summed E-state index contributed by atoms with van der Waals surface area (Å²) >= 11 is 1.53. The molecule has 2 aromatic rings. The number of rotatable bonds is 3. The molecule has 5 nitrogen and oxygen atoms in total. The summed E-state index contributed by atoms with van der Waals surface area (Å²) in [5.41, 5.74) is 6.11. The quantitative estimate of drug-likeness (QED) is 0.808. The Hall–Kier alpha value is -2.10. The molecule has 0 bridgehead atoms. The summed E-state index contributed by atoms with van der Waals surface area (Å²) in [6.45, 7) is 2.63. The average molecular weight is 289 g/mol. The lowest BCUT2D eigenvalue weighted by Gasteiger charge is -2.04. The van der Waals surface area contributed by atoms with Gasteiger partial charge in [-0.1, -0.05) is 18.8 Å². The zero-order chi connectivity index (χ0) is 14.5. The Labute approximate surface area is 120 Å². The van der Waals surface area contributed by atoms with Crippen molar-refractivity contribution in [3.63, 3.8) is 0 Å². The normalized spacial score (nSPS) is 10.1.